The Balaban J connectivity index is 1.79. The maximum atomic E-state index is 12.6. The lowest BCUT2D eigenvalue weighted by atomic mass is 10.2. The van der Waals surface area contributed by atoms with E-state index in [0.717, 1.165) is 0 Å². The molecule has 9 heteroatoms. The predicted octanol–water partition coefficient (Wildman–Crippen LogP) is 4.11. The number of nitriles is 1. The Hall–Kier alpha value is -4.71. The number of nitro groups is 1. The highest BCUT2D eigenvalue weighted by Crippen LogP contribution is 2.20. The number of anilines is 1. The molecule has 0 spiro atoms. The van der Waals surface area contributed by atoms with E-state index >= 15 is 0 Å². The number of nitro benzene ring substituents is 1. The van der Waals surface area contributed by atoms with Crippen molar-refractivity contribution in [1.82, 2.24) is 4.57 Å². The molecule has 1 N–H and O–H groups in total. The van der Waals surface area contributed by atoms with Gasteiger partial charge in [0.1, 0.15) is 11.6 Å². The summed E-state index contributed by atoms with van der Waals surface area (Å²) in [7, 11) is 0. The van der Waals surface area contributed by atoms with Gasteiger partial charge in [0.15, 0.2) is 0 Å². The van der Waals surface area contributed by atoms with Crippen molar-refractivity contribution in [1.29, 1.82) is 5.26 Å². The molecule has 160 valence electrons. The summed E-state index contributed by atoms with van der Waals surface area (Å²) in [5.74, 6) is -1.08. The summed E-state index contributed by atoms with van der Waals surface area (Å²) in [6, 6.07) is 17.3. The summed E-state index contributed by atoms with van der Waals surface area (Å²) in [5.41, 5.74) is 1.77. The molecule has 0 bridgehead atoms. The molecule has 0 atom stereocenters. The molecule has 0 fully saturated rings. The highest BCUT2D eigenvalue weighted by atomic mass is 16.6. The van der Waals surface area contributed by atoms with Gasteiger partial charge in [-0.15, -0.1) is 0 Å². The molecular weight excluding hydrogens is 412 g/mol. The highest BCUT2D eigenvalue weighted by Gasteiger charge is 2.13. The van der Waals surface area contributed by atoms with Gasteiger partial charge >= 0.3 is 5.97 Å². The number of carbonyl (C=O) groups is 2. The van der Waals surface area contributed by atoms with Crippen molar-refractivity contribution >= 4 is 29.3 Å². The fourth-order valence-electron chi connectivity index (χ4n) is 2.88. The third-order valence-corrected chi connectivity index (χ3v) is 4.43. The molecule has 9 nitrogen and oxygen atoms in total. The number of nitrogens with one attached hydrogen (secondary N) is 1. The molecule has 1 aromatic heterocycles. The summed E-state index contributed by atoms with van der Waals surface area (Å²) in [6.07, 6.45) is 3.14. The van der Waals surface area contributed by atoms with Crippen molar-refractivity contribution in [2.75, 3.05) is 11.9 Å². The summed E-state index contributed by atoms with van der Waals surface area (Å²) < 4.78 is 6.61. The third-order valence-electron chi connectivity index (χ3n) is 4.43. The van der Waals surface area contributed by atoms with Crippen LogP contribution in [0.2, 0.25) is 0 Å². The molecule has 1 amide bonds. The summed E-state index contributed by atoms with van der Waals surface area (Å²) >= 11 is 0. The zero-order valence-electron chi connectivity index (χ0n) is 17.0. The van der Waals surface area contributed by atoms with Gasteiger partial charge in [-0.25, -0.2) is 4.79 Å². The van der Waals surface area contributed by atoms with E-state index in [1.165, 1.54) is 30.3 Å². The molecule has 2 aromatic carbocycles. The Morgan fingerprint density at radius 3 is 2.44 bits per heavy atom. The average molecular weight is 430 g/mol. The van der Waals surface area contributed by atoms with Crippen LogP contribution in [0.4, 0.5) is 11.4 Å². The van der Waals surface area contributed by atoms with Gasteiger partial charge in [-0.05, 0) is 61.5 Å². The summed E-state index contributed by atoms with van der Waals surface area (Å²) in [4.78, 5) is 34.6. The maximum absolute atomic E-state index is 12.6. The van der Waals surface area contributed by atoms with Gasteiger partial charge in [0.25, 0.3) is 11.6 Å². The number of hydrogen-bond donors (Lipinski definition) is 1. The topological polar surface area (TPSA) is 127 Å². The normalized spacial score (nSPS) is 10.8. The van der Waals surface area contributed by atoms with E-state index < -0.39 is 16.8 Å². The molecule has 0 radical (unpaired) electrons. The van der Waals surface area contributed by atoms with Crippen LogP contribution in [-0.2, 0) is 9.53 Å². The second-order valence-electron chi connectivity index (χ2n) is 6.50. The Morgan fingerprint density at radius 1 is 1.16 bits per heavy atom. The largest absolute Gasteiger partial charge is 0.462 e. The number of nitrogens with zero attached hydrogens (tertiary/aromatic N) is 3. The van der Waals surface area contributed by atoms with Crippen molar-refractivity contribution in [2.24, 2.45) is 0 Å². The van der Waals surface area contributed by atoms with Crippen LogP contribution in [0.15, 0.2) is 72.4 Å². The van der Waals surface area contributed by atoms with Crippen molar-refractivity contribution in [3.8, 4) is 11.8 Å². The van der Waals surface area contributed by atoms with E-state index in [-0.39, 0.29) is 17.9 Å². The SMILES string of the molecule is CCOC(=O)c1ccc(NC(=O)/C(C#N)=C/c2cccn2-c2ccc([N+](=O)[O-])cc2)cc1. The molecule has 1 heterocycles. The molecule has 0 aliphatic carbocycles. The van der Waals surface area contributed by atoms with Gasteiger partial charge in [-0.2, -0.15) is 5.26 Å². The molecule has 3 rings (SSSR count). The minimum Gasteiger partial charge on any atom is -0.462 e. The van der Waals surface area contributed by atoms with E-state index in [2.05, 4.69) is 5.32 Å². The molecular formula is C23H18N4O5. The number of benzene rings is 2. The molecule has 0 aliphatic rings. The van der Waals surface area contributed by atoms with Gasteiger partial charge in [0.2, 0.25) is 0 Å². The predicted molar refractivity (Wildman–Crippen MR) is 117 cm³/mol. The van der Waals surface area contributed by atoms with Gasteiger partial charge in [-0.3, -0.25) is 14.9 Å². The minimum atomic E-state index is -0.618. The van der Waals surface area contributed by atoms with Crippen molar-refractivity contribution in [2.45, 2.75) is 6.92 Å². The first kappa shape index (κ1) is 22.0. The first-order valence-corrected chi connectivity index (χ1v) is 9.55. The number of rotatable bonds is 7. The van der Waals surface area contributed by atoms with Crippen LogP contribution < -0.4 is 5.32 Å². The Bertz CT molecular complexity index is 1220. The van der Waals surface area contributed by atoms with E-state index in [4.69, 9.17) is 4.74 Å². The average Bonchev–Trinajstić information content (AvgIpc) is 3.26. The van der Waals surface area contributed by atoms with E-state index in [0.29, 0.717) is 22.6 Å². The van der Waals surface area contributed by atoms with E-state index in [1.54, 1.807) is 54.1 Å². The number of esters is 1. The second kappa shape index (κ2) is 9.86. The zero-order chi connectivity index (χ0) is 23.1. The molecule has 0 saturated carbocycles. The first-order valence-electron chi connectivity index (χ1n) is 9.55. The highest BCUT2D eigenvalue weighted by molar-refractivity contribution is 6.09. The van der Waals surface area contributed by atoms with Crippen molar-refractivity contribution in [3.63, 3.8) is 0 Å². The van der Waals surface area contributed by atoms with Crippen LogP contribution in [0.1, 0.15) is 23.0 Å². The number of amides is 1. The van der Waals surface area contributed by atoms with E-state index in [9.17, 15) is 25.0 Å². The fourth-order valence-corrected chi connectivity index (χ4v) is 2.88. The molecule has 0 unspecified atom stereocenters. The van der Waals surface area contributed by atoms with Gasteiger partial charge in [0, 0.05) is 35.4 Å². The molecule has 0 saturated heterocycles. The standard InChI is InChI=1S/C23H18N4O5/c1-2-32-23(29)16-5-7-18(8-6-16)25-22(28)17(15-24)14-21-4-3-13-26(21)19-9-11-20(12-10-19)27(30)31/h3-14H,2H2,1H3,(H,25,28)/b17-14+. The molecule has 32 heavy (non-hydrogen) atoms. The lowest BCUT2D eigenvalue weighted by Gasteiger charge is -2.08. The Labute approximate surface area is 183 Å². The number of hydrogen-bond acceptors (Lipinski definition) is 6. The zero-order valence-corrected chi connectivity index (χ0v) is 17.0. The molecule has 0 aliphatic heterocycles. The van der Waals surface area contributed by atoms with Crippen LogP contribution in [0.25, 0.3) is 11.8 Å². The van der Waals surface area contributed by atoms with Crippen molar-refractivity contribution < 1.29 is 19.2 Å². The lowest BCUT2D eigenvalue weighted by Crippen LogP contribution is -2.14. The molecule has 3 aromatic rings. The van der Waals surface area contributed by atoms with Crippen molar-refractivity contribution in [3.05, 3.63) is 93.8 Å². The number of aromatic nitrogens is 1. The Kier molecular flexibility index (Phi) is 6.78. The number of carbonyl (C=O) groups excluding carboxylic acids is 2. The van der Waals surface area contributed by atoms with Gasteiger partial charge in [-0.1, -0.05) is 0 Å². The van der Waals surface area contributed by atoms with Crippen LogP contribution in [-0.4, -0.2) is 28.0 Å². The van der Waals surface area contributed by atoms with Crippen LogP contribution in [0.3, 0.4) is 0 Å². The monoisotopic (exact) mass is 430 g/mol. The van der Waals surface area contributed by atoms with E-state index in [1.807, 2.05) is 6.07 Å². The lowest BCUT2D eigenvalue weighted by molar-refractivity contribution is -0.384. The Morgan fingerprint density at radius 2 is 1.84 bits per heavy atom. The third kappa shape index (κ3) is 5.06. The summed E-state index contributed by atoms with van der Waals surface area (Å²) in [6.45, 7) is 1.97. The number of ether oxygens (including phenoxy) is 1. The second-order valence-corrected chi connectivity index (χ2v) is 6.50. The van der Waals surface area contributed by atoms with Crippen LogP contribution in [0.5, 0.6) is 0 Å². The number of non-ortho nitro benzene ring substituents is 1. The van der Waals surface area contributed by atoms with Crippen LogP contribution >= 0.6 is 0 Å². The maximum Gasteiger partial charge on any atom is 0.338 e. The van der Waals surface area contributed by atoms with Crippen LogP contribution in [0, 0.1) is 21.4 Å². The van der Waals surface area contributed by atoms with Gasteiger partial charge in [0.05, 0.1) is 17.1 Å². The minimum absolute atomic E-state index is 0.0379. The quantitative estimate of drug-likeness (QED) is 0.198. The summed E-state index contributed by atoms with van der Waals surface area (Å²) in [5, 5.41) is 22.9. The first-order chi connectivity index (χ1) is 15.4. The van der Waals surface area contributed by atoms with Gasteiger partial charge < -0.3 is 14.6 Å². The fraction of sp³-hybridized carbons (Fsp3) is 0.0870. The smallest absolute Gasteiger partial charge is 0.338 e.